The molecule has 1 saturated carbocycles. The van der Waals surface area contributed by atoms with E-state index in [2.05, 4.69) is 9.97 Å². The van der Waals surface area contributed by atoms with Gasteiger partial charge in [0.2, 0.25) is 0 Å². The van der Waals surface area contributed by atoms with Crippen LogP contribution in [0.1, 0.15) is 63.3 Å². The van der Waals surface area contributed by atoms with Crippen molar-refractivity contribution in [3.8, 4) is 0 Å². The molecule has 0 aromatic carbocycles. The topological polar surface area (TPSA) is 25.8 Å². The number of nitrogens with zero attached hydrogens (tertiary/aromatic N) is 2. The summed E-state index contributed by atoms with van der Waals surface area (Å²) >= 11 is 14.4. The van der Waals surface area contributed by atoms with Gasteiger partial charge >= 0.3 is 0 Å². The Morgan fingerprint density at radius 1 is 1.11 bits per heavy atom. The molecule has 1 aliphatic rings. The molecule has 1 heterocycles. The van der Waals surface area contributed by atoms with Crippen molar-refractivity contribution in [3.63, 3.8) is 0 Å². The van der Waals surface area contributed by atoms with E-state index < -0.39 is 0 Å². The molecule has 0 saturated heterocycles. The summed E-state index contributed by atoms with van der Waals surface area (Å²) in [7, 11) is 0. The molecule has 0 atom stereocenters. The Hall–Kier alpha value is 0.01000. The summed E-state index contributed by atoms with van der Waals surface area (Å²) in [5.74, 6) is 1.82. The molecule has 2 rings (SSSR count). The molecule has 19 heavy (non-hydrogen) atoms. The van der Waals surface area contributed by atoms with Crippen LogP contribution in [-0.4, -0.2) is 15.2 Å². The van der Waals surface area contributed by atoms with E-state index in [1.807, 2.05) is 25.6 Å². The largest absolute Gasteiger partial charge is 0.220 e. The first-order chi connectivity index (χ1) is 9.08. The van der Waals surface area contributed by atoms with E-state index >= 15 is 0 Å². The van der Waals surface area contributed by atoms with Crippen molar-refractivity contribution in [2.45, 2.75) is 62.9 Å². The first-order valence-electron chi connectivity index (χ1n) is 6.91. The predicted molar refractivity (Wildman–Crippen MR) is 84.3 cm³/mol. The van der Waals surface area contributed by atoms with Crippen LogP contribution < -0.4 is 0 Å². The van der Waals surface area contributed by atoms with Crippen molar-refractivity contribution < 1.29 is 0 Å². The highest BCUT2D eigenvalue weighted by molar-refractivity contribution is 7.99. The maximum absolute atomic E-state index is 6.21. The lowest BCUT2D eigenvalue weighted by Crippen LogP contribution is -2.09. The predicted octanol–water partition coefficient (Wildman–Crippen LogP) is 5.47. The van der Waals surface area contributed by atoms with Gasteiger partial charge < -0.3 is 0 Å². The highest BCUT2D eigenvalue weighted by Gasteiger charge is 2.17. The van der Waals surface area contributed by atoms with E-state index in [1.54, 1.807) is 0 Å². The molecule has 1 aromatic heterocycles. The molecule has 0 radical (unpaired) electrons. The second-order valence-corrected chi connectivity index (χ2v) is 7.37. The first kappa shape index (κ1) is 15.4. The van der Waals surface area contributed by atoms with E-state index in [1.165, 1.54) is 32.1 Å². The fourth-order valence-corrected chi connectivity index (χ4v) is 4.46. The highest BCUT2D eigenvalue weighted by Crippen LogP contribution is 2.32. The molecule has 1 aliphatic carbocycles. The fraction of sp³-hybridized carbons (Fsp3) is 0.714. The van der Waals surface area contributed by atoms with Crippen LogP contribution in [0.2, 0.25) is 10.3 Å². The minimum atomic E-state index is 0.250. The lowest BCUT2D eigenvalue weighted by molar-refractivity contribution is 0.516. The van der Waals surface area contributed by atoms with Crippen LogP contribution in [0.5, 0.6) is 0 Å². The molecule has 5 heteroatoms. The zero-order valence-electron chi connectivity index (χ0n) is 11.5. The molecule has 106 valence electrons. The third-order valence-electron chi connectivity index (χ3n) is 3.48. The highest BCUT2D eigenvalue weighted by atomic mass is 35.5. The third kappa shape index (κ3) is 4.24. The van der Waals surface area contributed by atoms with Crippen molar-refractivity contribution in [3.05, 3.63) is 21.7 Å². The van der Waals surface area contributed by atoms with Gasteiger partial charge in [0.15, 0.2) is 0 Å². The molecule has 0 N–H and O–H groups in total. The molecule has 0 unspecified atom stereocenters. The molecule has 0 amide bonds. The van der Waals surface area contributed by atoms with E-state index in [4.69, 9.17) is 23.2 Å². The maximum atomic E-state index is 6.21. The van der Waals surface area contributed by atoms with Crippen LogP contribution in [0, 0.1) is 0 Å². The molecule has 0 spiro atoms. The Balaban J connectivity index is 2.01. The quantitative estimate of drug-likeness (QED) is 0.688. The van der Waals surface area contributed by atoms with Crippen molar-refractivity contribution >= 4 is 35.0 Å². The van der Waals surface area contributed by atoms with Crippen LogP contribution in [0.25, 0.3) is 0 Å². The Morgan fingerprint density at radius 3 is 2.21 bits per heavy atom. The van der Waals surface area contributed by atoms with Gasteiger partial charge in [-0.2, -0.15) is 11.8 Å². The number of hydrogen-bond acceptors (Lipinski definition) is 3. The van der Waals surface area contributed by atoms with Gasteiger partial charge in [0, 0.05) is 10.8 Å². The zero-order valence-corrected chi connectivity index (χ0v) is 13.8. The molecule has 1 aromatic rings. The summed E-state index contributed by atoms with van der Waals surface area (Å²) in [5, 5.41) is 1.77. The smallest absolute Gasteiger partial charge is 0.141 e. The maximum Gasteiger partial charge on any atom is 0.141 e. The third-order valence-corrected chi connectivity index (χ3v) is 5.42. The van der Waals surface area contributed by atoms with Crippen molar-refractivity contribution in [2.24, 2.45) is 0 Å². The lowest BCUT2D eigenvalue weighted by atomic mass is 10.0. The van der Waals surface area contributed by atoms with Crippen LogP contribution in [0.3, 0.4) is 0 Å². The number of halogens is 2. The van der Waals surface area contributed by atoms with Gasteiger partial charge in [-0.25, -0.2) is 9.97 Å². The van der Waals surface area contributed by atoms with Gasteiger partial charge in [0.05, 0.1) is 5.75 Å². The number of aromatic nitrogens is 2. The minimum Gasteiger partial charge on any atom is -0.220 e. The summed E-state index contributed by atoms with van der Waals surface area (Å²) in [6.45, 7) is 4.10. The van der Waals surface area contributed by atoms with Crippen LogP contribution in [0.4, 0.5) is 0 Å². The normalized spacial score (nSPS) is 17.1. The molecule has 0 bridgehead atoms. The Kier molecular flexibility index (Phi) is 5.79. The summed E-state index contributed by atoms with van der Waals surface area (Å²) in [6.07, 6.45) is 6.72. The summed E-state index contributed by atoms with van der Waals surface area (Å²) < 4.78 is 0. The van der Waals surface area contributed by atoms with Crippen molar-refractivity contribution in [1.82, 2.24) is 9.97 Å². The van der Waals surface area contributed by atoms with Crippen LogP contribution in [-0.2, 0) is 5.75 Å². The molecular formula is C14H20Cl2N2S. The monoisotopic (exact) mass is 318 g/mol. The zero-order chi connectivity index (χ0) is 13.8. The van der Waals surface area contributed by atoms with E-state index in [0.717, 1.165) is 22.4 Å². The van der Waals surface area contributed by atoms with Gasteiger partial charge in [0.1, 0.15) is 16.1 Å². The lowest BCUT2D eigenvalue weighted by Gasteiger charge is -2.20. The average Bonchev–Trinajstić information content (AvgIpc) is 2.36. The second-order valence-electron chi connectivity index (χ2n) is 5.36. The standard InChI is InChI=1S/C14H20Cl2N2S/c1-9(2)12-13(15)17-11(18-14(12)16)8-19-10-6-4-3-5-7-10/h9-10H,3-8H2,1-2H3. The average molecular weight is 319 g/mol. The summed E-state index contributed by atoms with van der Waals surface area (Å²) in [6, 6.07) is 0. The summed E-state index contributed by atoms with van der Waals surface area (Å²) in [5.41, 5.74) is 0.856. The molecule has 0 aliphatic heterocycles. The van der Waals surface area contributed by atoms with Gasteiger partial charge in [0.25, 0.3) is 0 Å². The molecule has 2 nitrogen and oxygen atoms in total. The first-order valence-corrected chi connectivity index (χ1v) is 8.71. The fourth-order valence-electron chi connectivity index (χ4n) is 2.42. The van der Waals surface area contributed by atoms with E-state index in [0.29, 0.717) is 10.3 Å². The van der Waals surface area contributed by atoms with Gasteiger partial charge in [-0.15, -0.1) is 0 Å². The molecular weight excluding hydrogens is 299 g/mol. The number of hydrogen-bond donors (Lipinski definition) is 0. The van der Waals surface area contributed by atoms with Gasteiger partial charge in [-0.3, -0.25) is 0 Å². The van der Waals surface area contributed by atoms with E-state index in [9.17, 15) is 0 Å². The number of rotatable bonds is 4. The minimum absolute atomic E-state index is 0.250. The van der Waals surface area contributed by atoms with Crippen molar-refractivity contribution in [1.29, 1.82) is 0 Å². The van der Waals surface area contributed by atoms with Gasteiger partial charge in [-0.1, -0.05) is 56.3 Å². The second kappa shape index (κ2) is 7.14. The van der Waals surface area contributed by atoms with E-state index in [-0.39, 0.29) is 5.92 Å². The molecule has 1 fully saturated rings. The van der Waals surface area contributed by atoms with Crippen LogP contribution in [0.15, 0.2) is 0 Å². The number of thioether (sulfide) groups is 1. The SMILES string of the molecule is CC(C)c1c(Cl)nc(CSC2CCCCC2)nc1Cl. The Morgan fingerprint density at radius 2 is 1.68 bits per heavy atom. The Labute approximate surface area is 129 Å². The van der Waals surface area contributed by atoms with Crippen LogP contribution >= 0.6 is 35.0 Å². The van der Waals surface area contributed by atoms with Gasteiger partial charge in [-0.05, 0) is 18.8 Å². The summed E-state index contributed by atoms with van der Waals surface area (Å²) in [4.78, 5) is 8.78. The Bertz CT molecular complexity index is 408. The van der Waals surface area contributed by atoms with Crippen molar-refractivity contribution in [2.75, 3.05) is 0 Å².